The van der Waals surface area contributed by atoms with Crippen molar-refractivity contribution in [2.24, 2.45) is 50.7 Å². The van der Waals surface area contributed by atoms with Crippen LogP contribution in [0.15, 0.2) is 30.3 Å². The Hall–Kier alpha value is -2.28. The van der Waals surface area contributed by atoms with Crippen LogP contribution in [0.2, 0.25) is 0 Å². The van der Waals surface area contributed by atoms with Crippen LogP contribution in [0.3, 0.4) is 0 Å². The fourth-order valence-corrected chi connectivity index (χ4v) is 13.5. The predicted octanol–water partition coefficient (Wildman–Crippen LogP) is 9.08. The number of carbonyl (C=O) groups excluding carboxylic acids is 1. The molecule has 7 rings (SSSR count). The van der Waals surface area contributed by atoms with E-state index in [9.17, 15) is 23.5 Å². The van der Waals surface area contributed by atoms with Crippen molar-refractivity contribution < 1.29 is 23.5 Å². The Labute approximate surface area is 286 Å². The van der Waals surface area contributed by atoms with E-state index in [0.29, 0.717) is 47.1 Å². The van der Waals surface area contributed by atoms with Crippen molar-refractivity contribution in [2.75, 3.05) is 26.2 Å². The normalized spacial score (nSPS) is 41.1. The summed E-state index contributed by atoms with van der Waals surface area (Å²) >= 11 is 0. The van der Waals surface area contributed by atoms with Crippen LogP contribution < -0.4 is 5.32 Å². The second-order valence-electron chi connectivity index (χ2n) is 18.3. The Bertz CT molecular complexity index is 1470. The molecule has 3 unspecified atom stereocenters. The summed E-state index contributed by atoms with van der Waals surface area (Å²) in [5.74, 6) is -1.07. The number of carbonyl (C=O) groups is 2. The lowest BCUT2D eigenvalue weighted by molar-refractivity contribution is -0.222. The van der Waals surface area contributed by atoms with Crippen LogP contribution in [0.25, 0.3) is 5.57 Å². The maximum Gasteiger partial charge on any atom is 0.335 e. The summed E-state index contributed by atoms with van der Waals surface area (Å²) in [4.78, 5) is 25.5. The summed E-state index contributed by atoms with van der Waals surface area (Å²) in [7, 11) is 0. The molecule has 5 aliphatic carbocycles. The minimum absolute atomic E-state index is 0.00664. The van der Waals surface area contributed by atoms with Gasteiger partial charge in [0.1, 0.15) is 0 Å². The molecular weight excluding hydrogens is 606 g/mol. The maximum atomic E-state index is 13.7. The number of amides is 1. The van der Waals surface area contributed by atoms with Crippen molar-refractivity contribution in [1.29, 1.82) is 0 Å². The number of fused-ring (bicyclic) bond motifs is 7. The van der Waals surface area contributed by atoms with E-state index in [-0.39, 0.29) is 35.1 Å². The highest BCUT2D eigenvalue weighted by atomic mass is 19.3. The lowest BCUT2D eigenvalue weighted by atomic mass is 9.32. The number of nitrogens with zero attached hydrogens (tertiary/aromatic N) is 1. The molecule has 4 saturated carbocycles. The summed E-state index contributed by atoms with van der Waals surface area (Å²) < 4.78 is 27.3. The Kier molecular flexibility index (Phi) is 8.28. The highest BCUT2D eigenvalue weighted by Crippen LogP contribution is 2.77. The number of benzene rings is 1. The van der Waals surface area contributed by atoms with Gasteiger partial charge < -0.3 is 15.3 Å². The van der Waals surface area contributed by atoms with Crippen molar-refractivity contribution >= 4 is 17.4 Å². The van der Waals surface area contributed by atoms with Gasteiger partial charge in [0.2, 0.25) is 5.91 Å². The zero-order valence-corrected chi connectivity index (χ0v) is 30.0. The molecule has 1 saturated heterocycles. The molecule has 8 atom stereocenters. The molecule has 0 bridgehead atoms. The average Bonchev–Trinajstić information content (AvgIpc) is 3.62. The van der Waals surface area contributed by atoms with Crippen molar-refractivity contribution in [3.05, 3.63) is 41.5 Å². The zero-order valence-electron chi connectivity index (χ0n) is 30.0. The van der Waals surface area contributed by atoms with Gasteiger partial charge in [-0.2, -0.15) is 0 Å². The standard InChI is InChI=1S/C41H58F2N2O3/c1-36(2)29(27-8-10-28(11-9-27)35(47)48)14-18-37(3)32(36)15-19-39(5)33(37)13-12-30-31-7-6-17-40(31,21-20-38(30,39)4)25-44-23-16-34(46)45-24-22-41(42,43)26-45/h8-11,14,30-33,44H,6-7,12-13,15-26H2,1-5H3,(H,47,48)/t30-,31?,32?,33?,37+,38-,39-,40-/m1/s1. The van der Waals surface area contributed by atoms with Gasteiger partial charge in [0.25, 0.3) is 5.92 Å². The number of hydrogen-bond acceptors (Lipinski definition) is 3. The summed E-state index contributed by atoms with van der Waals surface area (Å²) in [5.41, 5.74) is 4.01. The number of allylic oxidation sites excluding steroid dienone is 2. The van der Waals surface area contributed by atoms with Gasteiger partial charge in [-0.15, -0.1) is 0 Å². The molecule has 264 valence electrons. The van der Waals surface area contributed by atoms with E-state index in [1.54, 1.807) is 12.1 Å². The minimum Gasteiger partial charge on any atom is -0.478 e. The van der Waals surface area contributed by atoms with Crippen LogP contribution >= 0.6 is 0 Å². The van der Waals surface area contributed by atoms with E-state index in [0.717, 1.165) is 24.4 Å². The Morgan fingerprint density at radius 1 is 0.875 bits per heavy atom. The third kappa shape index (κ3) is 5.13. The molecule has 48 heavy (non-hydrogen) atoms. The SMILES string of the molecule is CC1(C)C(c2ccc(C(=O)O)cc2)=CC[C@@]2(C)C1CC[C@]1(C)C2CC[C@@H]2C3CCC[C@]3(CNCCC(=O)N3CCC(F)(F)C3)CC[C@]21C. The second-order valence-corrected chi connectivity index (χ2v) is 18.3. The molecule has 1 heterocycles. The van der Waals surface area contributed by atoms with Crippen LogP contribution in [0.1, 0.15) is 128 Å². The van der Waals surface area contributed by atoms with Crippen molar-refractivity contribution in [1.82, 2.24) is 10.2 Å². The predicted molar refractivity (Wildman–Crippen MR) is 186 cm³/mol. The van der Waals surface area contributed by atoms with Gasteiger partial charge in [-0.3, -0.25) is 4.79 Å². The molecule has 0 radical (unpaired) electrons. The molecule has 1 aliphatic heterocycles. The van der Waals surface area contributed by atoms with E-state index in [2.05, 4.69) is 46.0 Å². The van der Waals surface area contributed by atoms with Gasteiger partial charge in [-0.25, -0.2) is 13.6 Å². The first-order valence-corrected chi connectivity index (χ1v) is 19.0. The average molecular weight is 665 g/mol. The quantitative estimate of drug-likeness (QED) is 0.286. The van der Waals surface area contributed by atoms with Crippen molar-refractivity contribution in [3.8, 4) is 0 Å². The molecule has 1 aromatic carbocycles. The third-order valence-corrected chi connectivity index (χ3v) is 16.1. The smallest absolute Gasteiger partial charge is 0.335 e. The van der Waals surface area contributed by atoms with Crippen LogP contribution in [-0.4, -0.2) is 54.0 Å². The van der Waals surface area contributed by atoms with Crippen LogP contribution in [0.4, 0.5) is 8.78 Å². The number of hydrogen-bond donors (Lipinski definition) is 2. The third-order valence-electron chi connectivity index (χ3n) is 16.1. The number of halogens is 2. The number of likely N-dealkylation sites (tertiary alicyclic amines) is 1. The molecule has 2 N–H and O–H groups in total. The molecule has 7 heteroatoms. The summed E-state index contributed by atoms with van der Waals surface area (Å²) in [6, 6.07) is 7.52. The first-order valence-electron chi connectivity index (χ1n) is 19.0. The molecule has 6 aliphatic rings. The van der Waals surface area contributed by atoms with Gasteiger partial charge in [-0.1, -0.05) is 59.2 Å². The van der Waals surface area contributed by atoms with Crippen molar-refractivity contribution in [3.63, 3.8) is 0 Å². The first-order chi connectivity index (χ1) is 22.6. The summed E-state index contributed by atoms with van der Waals surface area (Å²) in [6.07, 6.45) is 15.2. The Balaban J connectivity index is 1.06. The molecule has 5 fully saturated rings. The lowest BCUT2D eigenvalue weighted by Crippen LogP contribution is -2.65. The second kappa shape index (κ2) is 11.6. The lowest BCUT2D eigenvalue weighted by Gasteiger charge is -2.72. The minimum atomic E-state index is -2.73. The van der Waals surface area contributed by atoms with Gasteiger partial charge in [0.05, 0.1) is 12.1 Å². The van der Waals surface area contributed by atoms with E-state index >= 15 is 0 Å². The van der Waals surface area contributed by atoms with Gasteiger partial charge >= 0.3 is 5.97 Å². The number of rotatable bonds is 7. The van der Waals surface area contributed by atoms with Gasteiger partial charge in [0.15, 0.2) is 0 Å². The monoisotopic (exact) mass is 664 g/mol. The Morgan fingerprint density at radius 2 is 1.62 bits per heavy atom. The summed E-state index contributed by atoms with van der Waals surface area (Å²) in [5, 5.41) is 13.1. The molecule has 1 amide bonds. The highest BCUT2D eigenvalue weighted by Gasteiger charge is 2.69. The number of aromatic carboxylic acids is 1. The molecule has 5 nitrogen and oxygen atoms in total. The first kappa shape index (κ1) is 34.2. The molecular formula is C41H58F2N2O3. The van der Waals surface area contributed by atoms with E-state index < -0.39 is 18.4 Å². The van der Waals surface area contributed by atoms with E-state index in [4.69, 9.17) is 0 Å². The van der Waals surface area contributed by atoms with Gasteiger partial charge in [-0.05, 0) is 132 Å². The molecule has 1 aromatic rings. The van der Waals surface area contributed by atoms with Crippen LogP contribution in [-0.2, 0) is 4.79 Å². The summed E-state index contributed by atoms with van der Waals surface area (Å²) in [6.45, 7) is 14.1. The number of alkyl halides is 2. The van der Waals surface area contributed by atoms with Crippen LogP contribution in [0.5, 0.6) is 0 Å². The topological polar surface area (TPSA) is 69.6 Å². The number of carboxylic acid groups (broad SMARTS) is 1. The number of nitrogens with one attached hydrogen (secondary N) is 1. The molecule has 0 spiro atoms. The fourth-order valence-electron chi connectivity index (χ4n) is 13.5. The number of carboxylic acids is 1. The maximum absolute atomic E-state index is 13.7. The Morgan fingerprint density at radius 3 is 2.31 bits per heavy atom. The van der Waals surface area contributed by atoms with E-state index in [1.165, 1.54) is 68.3 Å². The fraction of sp³-hybridized carbons (Fsp3) is 0.756. The molecule has 0 aromatic heterocycles. The van der Waals surface area contributed by atoms with Crippen LogP contribution in [0, 0.1) is 50.7 Å². The largest absolute Gasteiger partial charge is 0.478 e. The van der Waals surface area contributed by atoms with Crippen molar-refractivity contribution in [2.45, 2.75) is 118 Å². The highest BCUT2D eigenvalue weighted by molar-refractivity contribution is 5.88. The van der Waals surface area contributed by atoms with Gasteiger partial charge in [0, 0.05) is 32.5 Å². The zero-order chi connectivity index (χ0) is 34.3. The van der Waals surface area contributed by atoms with E-state index in [1.807, 2.05) is 12.1 Å².